The van der Waals surface area contributed by atoms with Crippen LogP contribution in [0.5, 0.6) is 11.5 Å². The van der Waals surface area contributed by atoms with Gasteiger partial charge in [0, 0.05) is 21.0 Å². The Hall–Kier alpha value is -6.16. The third-order valence-electron chi connectivity index (χ3n) is 12.3. The molecule has 0 saturated heterocycles. The molecule has 2 nitrogen and oxygen atoms in total. The van der Waals surface area contributed by atoms with E-state index in [4.69, 9.17) is 4.74 Å². The molecule has 4 aliphatic rings. The van der Waals surface area contributed by atoms with Gasteiger partial charge in [-0.1, -0.05) is 121 Å². The van der Waals surface area contributed by atoms with E-state index in [2.05, 4.69) is 157 Å². The van der Waals surface area contributed by atoms with E-state index in [1.807, 2.05) is 11.3 Å². The number of hydrogen-bond acceptors (Lipinski definition) is 3. The van der Waals surface area contributed by atoms with E-state index >= 15 is 0 Å². The quantitative estimate of drug-likeness (QED) is 0.171. The summed E-state index contributed by atoms with van der Waals surface area (Å²) in [5, 5.41) is 5.55. The summed E-state index contributed by atoms with van der Waals surface area (Å²) in [6.07, 6.45) is 2.23. The number of aryl methyl sites for hydroxylation is 2. The molecule has 1 spiro atoms. The Bertz CT molecular complexity index is 2980. The summed E-state index contributed by atoms with van der Waals surface area (Å²) in [6.45, 7) is 0. The number of rotatable bonds is 1. The molecule has 3 heteroatoms. The predicted molar refractivity (Wildman–Crippen MR) is 215 cm³/mol. The molecule has 0 saturated carbocycles. The van der Waals surface area contributed by atoms with Gasteiger partial charge >= 0.3 is 0 Å². The van der Waals surface area contributed by atoms with Crippen molar-refractivity contribution in [1.29, 1.82) is 0 Å². The van der Waals surface area contributed by atoms with Gasteiger partial charge in [-0.25, -0.2) is 0 Å². The van der Waals surface area contributed by atoms with E-state index in [9.17, 15) is 0 Å². The summed E-state index contributed by atoms with van der Waals surface area (Å²) in [5.41, 5.74) is 16.9. The van der Waals surface area contributed by atoms with Crippen LogP contribution >= 0.6 is 11.3 Å². The number of ether oxygens (including phenoxy) is 1. The van der Waals surface area contributed by atoms with Crippen LogP contribution in [-0.4, -0.2) is 0 Å². The lowest BCUT2D eigenvalue weighted by molar-refractivity contribution is 0.477. The Kier molecular flexibility index (Phi) is 5.08. The second kappa shape index (κ2) is 9.58. The molecule has 9 aromatic rings. The number of anilines is 3. The highest BCUT2D eigenvalue weighted by Crippen LogP contribution is 2.64. The van der Waals surface area contributed by atoms with Crippen LogP contribution in [0.25, 0.3) is 53.2 Å². The third kappa shape index (κ3) is 3.15. The number of hydrogen-bond donors (Lipinski definition) is 0. The Balaban J connectivity index is 1.19. The number of fused-ring (bicyclic) bond motifs is 15. The first kappa shape index (κ1) is 27.5. The number of benzene rings is 8. The van der Waals surface area contributed by atoms with Crippen molar-refractivity contribution in [2.24, 2.45) is 0 Å². The Labute approximate surface area is 304 Å². The molecule has 0 fully saturated rings. The fourth-order valence-electron chi connectivity index (χ4n) is 10.4. The minimum Gasteiger partial charge on any atom is -0.453 e. The zero-order valence-corrected chi connectivity index (χ0v) is 28.9. The first-order valence-electron chi connectivity index (χ1n) is 18.2. The van der Waals surface area contributed by atoms with Gasteiger partial charge < -0.3 is 9.64 Å². The Morgan fingerprint density at radius 2 is 1.04 bits per heavy atom. The average molecular weight is 680 g/mol. The second-order valence-electron chi connectivity index (χ2n) is 14.6. The summed E-state index contributed by atoms with van der Waals surface area (Å²) in [4.78, 5) is 2.40. The smallest absolute Gasteiger partial charge is 0.151 e. The zero-order chi connectivity index (χ0) is 33.7. The van der Waals surface area contributed by atoms with Crippen LogP contribution in [-0.2, 0) is 18.3 Å². The highest BCUT2D eigenvalue weighted by molar-refractivity contribution is 7.27. The van der Waals surface area contributed by atoms with Gasteiger partial charge in [0.15, 0.2) is 11.5 Å². The van der Waals surface area contributed by atoms with Gasteiger partial charge in [-0.05, 0) is 104 Å². The van der Waals surface area contributed by atoms with E-state index in [1.165, 1.54) is 92.3 Å². The van der Waals surface area contributed by atoms with Gasteiger partial charge in [0.25, 0.3) is 0 Å². The van der Waals surface area contributed by atoms with Crippen molar-refractivity contribution < 1.29 is 4.74 Å². The van der Waals surface area contributed by atoms with Crippen molar-refractivity contribution in [3.05, 3.63) is 185 Å². The Morgan fingerprint density at radius 1 is 0.442 bits per heavy atom. The van der Waals surface area contributed by atoms with Crippen molar-refractivity contribution in [1.82, 2.24) is 0 Å². The summed E-state index contributed by atoms with van der Waals surface area (Å²) in [5.74, 6) is 1.75. The van der Waals surface area contributed by atoms with E-state index in [1.54, 1.807) is 0 Å². The average Bonchev–Trinajstić information content (AvgIpc) is 3.89. The van der Waals surface area contributed by atoms with Gasteiger partial charge in [0.05, 0.1) is 27.2 Å². The number of para-hydroxylation sites is 4. The first-order valence-corrected chi connectivity index (χ1v) is 19.0. The van der Waals surface area contributed by atoms with Crippen LogP contribution in [0, 0.1) is 0 Å². The van der Waals surface area contributed by atoms with E-state index < -0.39 is 5.41 Å². The summed E-state index contributed by atoms with van der Waals surface area (Å²) >= 11 is 1.95. The molecule has 2 heterocycles. The maximum Gasteiger partial charge on any atom is 0.151 e. The monoisotopic (exact) mass is 679 g/mol. The summed E-state index contributed by atoms with van der Waals surface area (Å²) < 4.78 is 9.09. The highest BCUT2D eigenvalue weighted by Gasteiger charge is 2.51. The molecule has 0 radical (unpaired) electrons. The predicted octanol–water partition coefficient (Wildman–Crippen LogP) is 13.2. The molecule has 1 aromatic heterocycles. The van der Waals surface area contributed by atoms with Crippen molar-refractivity contribution in [2.75, 3.05) is 4.90 Å². The molecule has 3 aliphatic carbocycles. The zero-order valence-electron chi connectivity index (χ0n) is 28.1. The SMILES string of the molecule is c1ccc2c(c1)Oc1ccccc1N2c1cccc2c1sc1c3c(ccc12)C1(c2ccccc2-c2ccccc21)c1ccc2c4c(ccc-3c14)CC2. The minimum absolute atomic E-state index is 0.412. The molecule has 0 bridgehead atoms. The van der Waals surface area contributed by atoms with Crippen LogP contribution in [0.3, 0.4) is 0 Å². The lowest BCUT2D eigenvalue weighted by Gasteiger charge is -2.40. The van der Waals surface area contributed by atoms with Crippen molar-refractivity contribution >= 4 is 59.3 Å². The van der Waals surface area contributed by atoms with Gasteiger partial charge in [0.2, 0.25) is 0 Å². The van der Waals surface area contributed by atoms with Gasteiger partial charge in [-0.15, -0.1) is 11.3 Å². The van der Waals surface area contributed by atoms with E-state index in [-0.39, 0.29) is 0 Å². The third-order valence-corrected chi connectivity index (χ3v) is 13.6. The first-order chi connectivity index (χ1) is 25.8. The molecular weight excluding hydrogens is 651 g/mol. The standard InChI is InChI=1S/C49H29NOS/c1-3-13-35-30(10-1)31-11-2-4-14-36(31)49(35)37-26-23-29-21-20-28-22-24-34(45(37)44(28)29)46-38(49)27-25-33-32-12-9-17-41(47(32)52-48(33)46)50-39-15-5-7-18-42(39)51-43-19-8-6-16-40(43)50/h1-19,22-27H,20-21H2. The molecule has 1 aliphatic heterocycles. The van der Waals surface area contributed by atoms with Crippen LogP contribution in [0.4, 0.5) is 17.1 Å². The van der Waals surface area contributed by atoms with E-state index in [0.29, 0.717) is 0 Å². The van der Waals surface area contributed by atoms with Gasteiger partial charge in [-0.3, -0.25) is 0 Å². The van der Waals surface area contributed by atoms with Crippen molar-refractivity contribution in [3.8, 4) is 33.8 Å². The molecule has 13 rings (SSSR count). The largest absolute Gasteiger partial charge is 0.453 e. The van der Waals surface area contributed by atoms with Crippen LogP contribution in [0.1, 0.15) is 33.4 Å². The van der Waals surface area contributed by atoms with Crippen LogP contribution in [0.15, 0.2) is 152 Å². The van der Waals surface area contributed by atoms with Crippen LogP contribution < -0.4 is 9.64 Å². The second-order valence-corrected chi connectivity index (χ2v) is 15.6. The van der Waals surface area contributed by atoms with Gasteiger partial charge in [-0.2, -0.15) is 0 Å². The van der Waals surface area contributed by atoms with Crippen LogP contribution in [0.2, 0.25) is 0 Å². The molecular formula is C49H29NOS. The number of thiophene rings is 1. The van der Waals surface area contributed by atoms with Crippen molar-refractivity contribution in [2.45, 2.75) is 18.3 Å². The topological polar surface area (TPSA) is 12.5 Å². The maximum atomic E-state index is 6.44. The molecule has 0 atom stereocenters. The lowest BCUT2D eigenvalue weighted by atomic mass is 9.61. The number of nitrogens with zero attached hydrogens (tertiary/aromatic N) is 1. The van der Waals surface area contributed by atoms with Gasteiger partial charge in [0.1, 0.15) is 0 Å². The summed E-state index contributed by atoms with van der Waals surface area (Å²) in [7, 11) is 0. The highest BCUT2D eigenvalue weighted by atomic mass is 32.1. The van der Waals surface area contributed by atoms with Crippen molar-refractivity contribution in [3.63, 3.8) is 0 Å². The normalized spacial score (nSPS) is 15.0. The Morgan fingerprint density at radius 3 is 1.77 bits per heavy atom. The summed E-state index contributed by atoms with van der Waals surface area (Å²) in [6, 6.07) is 56.7. The molecule has 0 amide bonds. The molecule has 0 N–H and O–H groups in total. The fourth-order valence-corrected chi connectivity index (χ4v) is 11.7. The minimum atomic E-state index is -0.412. The van der Waals surface area contributed by atoms with E-state index in [0.717, 1.165) is 35.7 Å². The fraction of sp³-hybridized carbons (Fsp3) is 0.0612. The molecule has 242 valence electrons. The molecule has 8 aromatic carbocycles. The molecule has 52 heavy (non-hydrogen) atoms. The maximum absolute atomic E-state index is 6.44. The molecule has 0 unspecified atom stereocenters. The lowest BCUT2D eigenvalue weighted by Crippen LogP contribution is -2.32.